The second-order valence-corrected chi connectivity index (χ2v) is 2.03. The predicted octanol–water partition coefficient (Wildman–Crippen LogP) is -0.682. The maximum atomic E-state index is 10.5. The Morgan fingerprint density at radius 2 is 2.50 bits per heavy atom. The van der Waals surface area contributed by atoms with E-state index in [4.69, 9.17) is 5.73 Å². The minimum Gasteiger partial charge on any atom is -0.426 e. The second kappa shape index (κ2) is 2.55. The number of carbonyl (C=O) groups is 2. The number of rotatable bonds is 1. The number of nitrogens with one attached hydrogen (secondary N) is 1. The molecule has 1 unspecified atom stereocenters. The van der Waals surface area contributed by atoms with Crippen LogP contribution in [0.5, 0.6) is 0 Å². The fourth-order valence-electron chi connectivity index (χ4n) is 0.815. The van der Waals surface area contributed by atoms with Crippen LogP contribution in [0.15, 0.2) is 0 Å². The van der Waals surface area contributed by atoms with Crippen molar-refractivity contribution in [2.75, 3.05) is 0 Å². The average molecular weight is 144 g/mol. The van der Waals surface area contributed by atoms with Crippen LogP contribution in [0.25, 0.3) is 0 Å². The van der Waals surface area contributed by atoms with Crippen LogP contribution in [0.3, 0.4) is 0 Å². The Labute approximate surface area is 57.5 Å². The molecule has 56 valence electrons. The van der Waals surface area contributed by atoms with E-state index < -0.39 is 12.3 Å². The molecular formula is C5H8N2O3. The lowest BCUT2D eigenvalue weighted by Crippen LogP contribution is -2.32. The lowest BCUT2D eigenvalue weighted by atomic mass is 10.3. The summed E-state index contributed by atoms with van der Waals surface area (Å²) in [7, 11) is 0. The van der Waals surface area contributed by atoms with E-state index in [0.717, 1.165) is 0 Å². The standard InChI is InChI=1S/C5H8N2O3/c6-5(9)10-4-2-1-3(8)7-4/h4H,1-2H2,(H2,6,9)(H,7,8). The summed E-state index contributed by atoms with van der Waals surface area (Å²) in [5.74, 6) is -0.105. The van der Waals surface area contributed by atoms with Gasteiger partial charge in [0.1, 0.15) is 0 Å². The molecule has 0 saturated carbocycles. The zero-order chi connectivity index (χ0) is 7.56. The third-order valence-electron chi connectivity index (χ3n) is 1.21. The van der Waals surface area contributed by atoms with Gasteiger partial charge in [0, 0.05) is 12.8 Å². The molecular weight excluding hydrogens is 136 g/mol. The molecule has 2 amide bonds. The van der Waals surface area contributed by atoms with Crippen molar-refractivity contribution in [3.8, 4) is 0 Å². The highest BCUT2D eigenvalue weighted by atomic mass is 16.6. The summed E-state index contributed by atoms with van der Waals surface area (Å²) < 4.78 is 4.49. The fourth-order valence-corrected chi connectivity index (χ4v) is 0.815. The zero-order valence-electron chi connectivity index (χ0n) is 5.29. The Morgan fingerprint density at radius 1 is 1.80 bits per heavy atom. The molecule has 1 aliphatic heterocycles. The van der Waals surface area contributed by atoms with E-state index in [0.29, 0.717) is 12.8 Å². The molecule has 0 aromatic rings. The van der Waals surface area contributed by atoms with Gasteiger partial charge in [0.15, 0.2) is 6.23 Å². The minimum atomic E-state index is -0.854. The molecule has 0 aromatic carbocycles. The van der Waals surface area contributed by atoms with E-state index in [1.165, 1.54) is 0 Å². The molecule has 10 heavy (non-hydrogen) atoms. The summed E-state index contributed by atoms with van der Waals surface area (Å²) >= 11 is 0. The van der Waals surface area contributed by atoms with Gasteiger partial charge in [-0.05, 0) is 0 Å². The van der Waals surface area contributed by atoms with Gasteiger partial charge in [-0.25, -0.2) is 4.79 Å². The lowest BCUT2D eigenvalue weighted by molar-refractivity contribution is -0.120. The molecule has 3 N–H and O–H groups in total. The Morgan fingerprint density at radius 3 is 2.90 bits per heavy atom. The van der Waals surface area contributed by atoms with Crippen LogP contribution in [-0.4, -0.2) is 18.2 Å². The van der Waals surface area contributed by atoms with Crippen molar-refractivity contribution < 1.29 is 14.3 Å². The van der Waals surface area contributed by atoms with Gasteiger partial charge in [0.2, 0.25) is 5.91 Å². The molecule has 1 fully saturated rings. The predicted molar refractivity (Wildman–Crippen MR) is 31.8 cm³/mol. The van der Waals surface area contributed by atoms with E-state index in [-0.39, 0.29) is 5.91 Å². The average Bonchev–Trinajstić information content (AvgIpc) is 2.13. The van der Waals surface area contributed by atoms with Crippen molar-refractivity contribution in [1.29, 1.82) is 0 Å². The van der Waals surface area contributed by atoms with Crippen LogP contribution < -0.4 is 11.1 Å². The van der Waals surface area contributed by atoms with E-state index in [9.17, 15) is 9.59 Å². The van der Waals surface area contributed by atoms with Gasteiger partial charge >= 0.3 is 6.09 Å². The Balaban J connectivity index is 2.31. The van der Waals surface area contributed by atoms with Gasteiger partial charge in [0.25, 0.3) is 0 Å². The molecule has 5 heteroatoms. The van der Waals surface area contributed by atoms with Gasteiger partial charge in [-0.3, -0.25) is 4.79 Å². The monoisotopic (exact) mass is 144 g/mol. The summed E-state index contributed by atoms with van der Waals surface area (Å²) in [6.07, 6.45) is -0.447. The highest BCUT2D eigenvalue weighted by molar-refractivity contribution is 5.78. The van der Waals surface area contributed by atoms with Crippen molar-refractivity contribution in [3.63, 3.8) is 0 Å². The molecule has 1 aliphatic rings. The SMILES string of the molecule is NC(=O)OC1CCC(=O)N1. The van der Waals surface area contributed by atoms with Crippen molar-refractivity contribution in [3.05, 3.63) is 0 Å². The summed E-state index contributed by atoms with van der Waals surface area (Å²) in [5.41, 5.74) is 4.71. The van der Waals surface area contributed by atoms with Gasteiger partial charge in [-0.1, -0.05) is 0 Å². The first-order chi connectivity index (χ1) is 4.68. The van der Waals surface area contributed by atoms with Gasteiger partial charge in [0.05, 0.1) is 0 Å². The number of carbonyl (C=O) groups excluding carboxylic acids is 2. The molecule has 1 saturated heterocycles. The first-order valence-electron chi connectivity index (χ1n) is 2.94. The highest BCUT2D eigenvalue weighted by Crippen LogP contribution is 2.06. The van der Waals surface area contributed by atoms with Crippen molar-refractivity contribution in [2.45, 2.75) is 19.1 Å². The molecule has 5 nitrogen and oxygen atoms in total. The fraction of sp³-hybridized carbons (Fsp3) is 0.600. The third-order valence-corrected chi connectivity index (χ3v) is 1.21. The van der Waals surface area contributed by atoms with E-state index in [2.05, 4.69) is 10.1 Å². The maximum absolute atomic E-state index is 10.5. The molecule has 1 atom stereocenters. The van der Waals surface area contributed by atoms with E-state index in [1.807, 2.05) is 0 Å². The minimum absolute atomic E-state index is 0.105. The normalized spacial score (nSPS) is 24.0. The maximum Gasteiger partial charge on any atom is 0.406 e. The Hall–Kier alpha value is -1.26. The largest absolute Gasteiger partial charge is 0.426 e. The van der Waals surface area contributed by atoms with Gasteiger partial charge in [-0.2, -0.15) is 0 Å². The van der Waals surface area contributed by atoms with Crippen LogP contribution in [0.4, 0.5) is 4.79 Å². The highest BCUT2D eigenvalue weighted by Gasteiger charge is 2.22. The van der Waals surface area contributed by atoms with Crippen molar-refractivity contribution in [1.82, 2.24) is 5.32 Å². The first kappa shape index (κ1) is 6.85. The Bertz CT molecular complexity index is 168. The van der Waals surface area contributed by atoms with Crippen molar-refractivity contribution in [2.24, 2.45) is 5.73 Å². The number of ether oxygens (including phenoxy) is 1. The number of nitrogens with two attached hydrogens (primary N) is 1. The second-order valence-electron chi connectivity index (χ2n) is 2.03. The van der Waals surface area contributed by atoms with Crippen LogP contribution >= 0.6 is 0 Å². The summed E-state index contributed by atoms with van der Waals surface area (Å²) in [6, 6.07) is 0. The first-order valence-corrected chi connectivity index (χ1v) is 2.94. The summed E-state index contributed by atoms with van der Waals surface area (Å²) in [5, 5.41) is 2.42. The van der Waals surface area contributed by atoms with Crippen LogP contribution in [0, 0.1) is 0 Å². The zero-order valence-corrected chi connectivity index (χ0v) is 5.29. The van der Waals surface area contributed by atoms with E-state index in [1.54, 1.807) is 0 Å². The van der Waals surface area contributed by atoms with Gasteiger partial charge in [-0.15, -0.1) is 0 Å². The molecule has 0 bridgehead atoms. The molecule has 0 spiro atoms. The third kappa shape index (κ3) is 1.61. The summed E-state index contributed by atoms with van der Waals surface area (Å²) in [4.78, 5) is 20.6. The number of hydrogen-bond donors (Lipinski definition) is 2. The lowest BCUT2D eigenvalue weighted by Gasteiger charge is -2.07. The van der Waals surface area contributed by atoms with Crippen molar-refractivity contribution >= 4 is 12.0 Å². The number of hydrogen-bond acceptors (Lipinski definition) is 3. The van der Waals surface area contributed by atoms with Crippen LogP contribution in [0.1, 0.15) is 12.8 Å². The molecule has 1 heterocycles. The smallest absolute Gasteiger partial charge is 0.406 e. The quantitative estimate of drug-likeness (QED) is 0.511. The molecule has 0 aromatic heterocycles. The molecule has 0 radical (unpaired) electrons. The van der Waals surface area contributed by atoms with E-state index >= 15 is 0 Å². The summed E-state index contributed by atoms with van der Waals surface area (Å²) in [6.45, 7) is 0. The van der Waals surface area contributed by atoms with Crippen LogP contribution in [-0.2, 0) is 9.53 Å². The van der Waals surface area contributed by atoms with Crippen LogP contribution in [0.2, 0.25) is 0 Å². The molecule has 0 aliphatic carbocycles. The topological polar surface area (TPSA) is 81.4 Å². The Kier molecular flexibility index (Phi) is 1.75. The molecule has 1 rings (SSSR count). The van der Waals surface area contributed by atoms with Gasteiger partial charge < -0.3 is 15.8 Å². The number of primary amides is 1. The number of amides is 2.